The first-order valence-electron chi connectivity index (χ1n) is 5.39. The van der Waals surface area contributed by atoms with Gasteiger partial charge in [0.1, 0.15) is 12.4 Å². The minimum Gasteiger partial charge on any atom is -0.480 e. The maximum Gasteiger partial charge on any atom is 0.329 e. The van der Waals surface area contributed by atoms with E-state index in [-0.39, 0.29) is 25.5 Å². The number of carboxylic acid groups (broad SMARTS) is 1. The zero-order valence-electron chi connectivity index (χ0n) is 9.69. The lowest BCUT2D eigenvalue weighted by atomic mass is 10.1. The summed E-state index contributed by atoms with van der Waals surface area (Å²) < 4.78 is 17.9. The minimum absolute atomic E-state index is 0.0500. The Bertz CT molecular complexity index is 422. The van der Waals surface area contributed by atoms with Gasteiger partial charge in [0.25, 0.3) is 0 Å². The first kappa shape index (κ1) is 14.1. The second-order valence-electron chi connectivity index (χ2n) is 3.56. The summed E-state index contributed by atoms with van der Waals surface area (Å²) in [6.45, 7) is -0.0982. The summed E-state index contributed by atoms with van der Waals surface area (Å²) in [5, 5.41) is 10.8. The largest absolute Gasteiger partial charge is 0.480 e. The van der Waals surface area contributed by atoms with Crippen molar-refractivity contribution >= 4 is 11.9 Å². The predicted molar refractivity (Wildman–Crippen MR) is 61.6 cm³/mol. The van der Waals surface area contributed by atoms with Gasteiger partial charge >= 0.3 is 5.97 Å². The van der Waals surface area contributed by atoms with Gasteiger partial charge in [0, 0.05) is 6.54 Å². The van der Waals surface area contributed by atoms with E-state index >= 15 is 0 Å². The van der Waals surface area contributed by atoms with Crippen molar-refractivity contribution in [3.05, 3.63) is 35.6 Å². The average molecular weight is 255 g/mol. The van der Waals surface area contributed by atoms with E-state index < -0.39 is 18.4 Å². The van der Waals surface area contributed by atoms with Crippen LogP contribution in [0.3, 0.4) is 0 Å². The minimum atomic E-state index is -1.06. The number of rotatable bonds is 7. The summed E-state index contributed by atoms with van der Waals surface area (Å²) in [6, 6.07) is 6.03. The molecule has 0 aliphatic rings. The quantitative estimate of drug-likeness (QED) is 0.699. The second-order valence-corrected chi connectivity index (χ2v) is 3.56. The maximum absolute atomic E-state index is 13.2. The Morgan fingerprint density at radius 3 is 2.72 bits per heavy atom. The van der Waals surface area contributed by atoms with Gasteiger partial charge in [-0.3, -0.25) is 4.79 Å². The van der Waals surface area contributed by atoms with Crippen molar-refractivity contribution in [2.75, 3.05) is 19.8 Å². The SMILES string of the molecule is O=C(O)COCCNC(=O)Cc1ccccc1F. The Labute approximate surface area is 104 Å². The zero-order chi connectivity index (χ0) is 13.4. The van der Waals surface area contributed by atoms with Crippen molar-refractivity contribution in [3.8, 4) is 0 Å². The van der Waals surface area contributed by atoms with Crippen LogP contribution in [0.1, 0.15) is 5.56 Å². The normalized spacial score (nSPS) is 10.1. The van der Waals surface area contributed by atoms with E-state index in [9.17, 15) is 14.0 Å². The van der Waals surface area contributed by atoms with E-state index in [0.29, 0.717) is 5.56 Å². The van der Waals surface area contributed by atoms with E-state index in [2.05, 4.69) is 5.32 Å². The zero-order valence-corrected chi connectivity index (χ0v) is 9.69. The Hall–Kier alpha value is -1.95. The summed E-state index contributed by atoms with van der Waals surface area (Å²) in [7, 11) is 0. The number of hydrogen-bond acceptors (Lipinski definition) is 3. The lowest BCUT2D eigenvalue weighted by molar-refractivity contribution is -0.142. The fourth-order valence-electron chi connectivity index (χ4n) is 1.30. The molecule has 0 radical (unpaired) electrons. The molecule has 0 atom stereocenters. The molecular formula is C12H14FNO4. The highest BCUT2D eigenvalue weighted by Crippen LogP contribution is 2.06. The van der Waals surface area contributed by atoms with Gasteiger partial charge in [-0.15, -0.1) is 0 Å². The van der Waals surface area contributed by atoms with Crippen LogP contribution < -0.4 is 5.32 Å². The topological polar surface area (TPSA) is 75.6 Å². The van der Waals surface area contributed by atoms with Crippen molar-refractivity contribution < 1.29 is 23.8 Å². The third-order valence-electron chi connectivity index (χ3n) is 2.10. The molecule has 2 N–H and O–H groups in total. The molecule has 0 heterocycles. The molecule has 18 heavy (non-hydrogen) atoms. The molecule has 98 valence electrons. The Morgan fingerprint density at radius 2 is 2.06 bits per heavy atom. The number of carbonyl (C=O) groups is 2. The highest BCUT2D eigenvalue weighted by molar-refractivity contribution is 5.78. The van der Waals surface area contributed by atoms with Crippen molar-refractivity contribution in [2.45, 2.75) is 6.42 Å². The molecule has 0 bridgehead atoms. The smallest absolute Gasteiger partial charge is 0.329 e. The van der Waals surface area contributed by atoms with Crippen molar-refractivity contribution in [1.82, 2.24) is 5.32 Å². The van der Waals surface area contributed by atoms with E-state index in [4.69, 9.17) is 9.84 Å². The Morgan fingerprint density at radius 1 is 1.33 bits per heavy atom. The van der Waals surface area contributed by atoms with Crippen LogP contribution in [-0.4, -0.2) is 36.7 Å². The highest BCUT2D eigenvalue weighted by atomic mass is 19.1. The molecule has 5 nitrogen and oxygen atoms in total. The van der Waals surface area contributed by atoms with Gasteiger partial charge in [0.15, 0.2) is 0 Å². The number of hydrogen-bond donors (Lipinski definition) is 2. The first-order chi connectivity index (χ1) is 8.59. The molecule has 0 unspecified atom stereocenters. The average Bonchev–Trinajstić information content (AvgIpc) is 2.31. The van der Waals surface area contributed by atoms with Gasteiger partial charge in [-0.25, -0.2) is 9.18 Å². The molecule has 6 heteroatoms. The molecule has 1 aromatic rings. The monoisotopic (exact) mass is 255 g/mol. The van der Waals surface area contributed by atoms with Crippen LogP contribution in [0.5, 0.6) is 0 Å². The summed E-state index contributed by atoms with van der Waals surface area (Å²) in [5.74, 6) is -1.82. The van der Waals surface area contributed by atoms with Gasteiger partial charge < -0.3 is 15.2 Å². The van der Waals surface area contributed by atoms with Gasteiger partial charge in [-0.05, 0) is 11.6 Å². The van der Waals surface area contributed by atoms with Crippen LogP contribution in [0.2, 0.25) is 0 Å². The second kappa shape index (κ2) is 7.39. The third kappa shape index (κ3) is 5.40. The van der Waals surface area contributed by atoms with E-state index in [1.54, 1.807) is 12.1 Å². The fraction of sp³-hybridized carbons (Fsp3) is 0.333. The molecule has 0 saturated carbocycles. The van der Waals surface area contributed by atoms with Gasteiger partial charge in [0.2, 0.25) is 5.91 Å². The number of nitrogens with one attached hydrogen (secondary N) is 1. The molecule has 0 aliphatic carbocycles. The molecule has 1 aromatic carbocycles. The molecule has 0 saturated heterocycles. The number of carbonyl (C=O) groups excluding carboxylic acids is 1. The van der Waals surface area contributed by atoms with E-state index in [1.807, 2.05) is 0 Å². The molecule has 0 aliphatic heterocycles. The van der Waals surface area contributed by atoms with Crippen LogP contribution >= 0.6 is 0 Å². The molecule has 0 fully saturated rings. The van der Waals surface area contributed by atoms with Gasteiger partial charge in [-0.1, -0.05) is 18.2 Å². The highest BCUT2D eigenvalue weighted by Gasteiger charge is 2.06. The van der Waals surface area contributed by atoms with Crippen LogP contribution in [-0.2, 0) is 20.7 Å². The van der Waals surface area contributed by atoms with Crippen LogP contribution in [0, 0.1) is 5.82 Å². The molecule has 0 spiro atoms. The predicted octanol–water partition coefficient (Wildman–Crippen LogP) is 0.586. The van der Waals surface area contributed by atoms with Crippen molar-refractivity contribution in [2.24, 2.45) is 0 Å². The number of benzene rings is 1. The summed E-state index contributed by atoms with van der Waals surface area (Å²) in [6.07, 6.45) is -0.0500. The number of halogens is 1. The lowest BCUT2D eigenvalue weighted by Crippen LogP contribution is -2.29. The van der Waals surface area contributed by atoms with Gasteiger partial charge in [0.05, 0.1) is 13.0 Å². The standard InChI is InChI=1S/C12H14FNO4/c13-10-4-2-1-3-9(10)7-11(15)14-5-6-18-8-12(16)17/h1-4H,5-8H2,(H,14,15)(H,16,17). The molecule has 1 amide bonds. The van der Waals surface area contributed by atoms with E-state index in [1.165, 1.54) is 12.1 Å². The number of ether oxygens (including phenoxy) is 1. The van der Waals surface area contributed by atoms with Crippen molar-refractivity contribution in [3.63, 3.8) is 0 Å². The van der Waals surface area contributed by atoms with Crippen LogP contribution in [0.15, 0.2) is 24.3 Å². The molecule has 0 aromatic heterocycles. The van der Waals surface area contributed by atoms with Crippen LogP contribution in [0.4, 0.5) is 4.39 Å². The van der Waals surface area contributed by atoms with E-state index in [0.717, 1.165) is 0 Å². The maximum atomic E-state index is 13.2. The number of amides is 1. The van der Waals surface area contributed by atoms with Crippen molar-refractivity contribution in [1.29, 1.82) is 0 Å². The summed E-state index contributed by atoms with van der Waals surface area (Å²) in [4.78, 5) is 21.5. The number of aliphatic carboxylic acids is 1. The molecular weight excluding hydrogens is 241 g/mol. The number of carboxylic acids is 1. The van der Waals surface area contributed by atoms with Gasteiger partial charge in [-0.2, -0.15) is 0 Å². The Balaban J connectivity index is 2.22. The molecule has 1 rings (SSSR count). The first-order valence-corrected chi connectivity index (χ1v) is 5.39. The summed E-state index contributed by atoms with van der Waals surface area (Å²) in [5.41, 5.74) is 0.321. The Kier molecular flexibility index (Phi) is 5.79. The lowest BCUT2D eigenvalue weighted by Gasteiger charge is -2.06. The summed E-state index contributed by atoms with van der Waals surface area (Å²) >= 11 is 0. The fourth-order valence-corrected chi connectivity index (χ4v) is 1.30. The third-order valence-corrected chi connectivity index (χ3v) is 2.10. The van der Waals surface area contributed by atoms with Crippen LogP contribution in [0.25, 0.3) is 0 Å².